The van der Waals surface area contributed by atoms with Crippen LogP contribution in [-0.2, 0) is 9.53 Å². The van der Waals surface area contributed by atoms with Gasteiger partial charge in [-0.2, -0.15) is 0 Å². The van der Waals surface area contributed by atoms with E-state index >= 15 is 0 Å². The summed E-state index contributed by atoms with van der Waals surface area (Å²) in [6, 6.07) is 0.393. The Labute approximate surface area is 117 Å². The molecule has 3 heterocycles. The molecular weight excluding hydrogens is 266 g/mol. The Balaban J connectivity index is 1.32. The van der Waals surface area contributed by atoms with E-state index in [0.717, 1.165) is 37.7 Å². The summed E-state index contributed by atoms with van der Waals surface area (Å²) in [5.74, 6) is 1.67. The number of rotatable bonds is 5. The third-order valence-electron chi connectivity index (χ3n) is 4.11. The fourth-order valence-electron chi connectivity index (χ4n) is 3.06. The van der Waals surface area contributed by atoms with Gasteiger partial charge >= 0.3 is 0 Å². The van der Waals surface area contributed by atoms with Gasteiger partial charge in [-0.15, -0.1) is 0 Å². The zero-order valence-corrected chi connectivity index (χ0v) is 12.3. The topological polar surface area (TPSA) is 29.5 Å². The van der Waals surface area contributed by atoms with E-state index in [-0.39, 0.29) is 0 Å². The summed E-state index contributed by atoms with van der Waals surface area (Å²) in [4.78, 5) is 14.2. The van der Waals surface area contributed by atoms with Crippen LogP contribution in [0.1, 0.15) is 38.5 Å². The fraction of sp³-hybridized carbons (Fsp3) is 0.923. The molecule has 3 nitrogen and oxygen atoms in total. The molecule has 5 heteroatoms. The monoisotopic (exact) mass is 287 g/mol. The first-order chi connectivity index (χ1) is 8.83. The van der Waals surface area contributed by atoms with E-state index in [1.165, 1.54) is 25.0 Å². The van der Waals surface area contributed by atoms with E-state index in [1.807, 2.05) is 21.6 Å². The molecule has 0 saturated carbocycles. The summed E-state index contributed by atoms with van der Waals surface area (Å²) < 4.78 is 5.53. The molecule has 2 bridgehead atoms. The van der Waals surface area contributed by atoms with Crippen LogP contribution in [-0.4, -0.2) is 47.1 Å². The minimum absolute atomic E-state index is 0.339. The molecule has 18 heavy (non-hydrogen) atoms. The second kappa shape index (κ2) is 6.06. The van der Waals surface area contributed by atoms with E-state index < -0.39 is 0 Å². The number of nitrogens with zero attached hydrogens (tertiary/aromatic N) is 1. The summed E-state index contributed by atoms with van der Waals surface area (Å²) >= 11 is 0. The minimum atomic E-state index is 0.339. The molecule has 3 saturated heterocycles. The Morgan fingerprint density at radius 1 is 1.39 bits per heavy atom. The van der Waals surface area contributed by atoms with Gasteiger partial charge in [0.05, 0.1) is 18.8 Å². The molecule has 0 aromatic heterocycles. The Bertz CT molecular complexity index is 307. The van der Waals surface area contributed by atoms with Crippen LogP contribution in [0.4, 0.5) is 0 Å². The maximum absolute atomic E-state index is 12.1. The maximum atomic E-state index is 12.1. The summed E-state index contributed by atoms with van der Waals surface area (Å²) in [5.41, 5.74) is 0. The van der Waals surface area contributed by atoms with E-state index in [0.29, 0.717) is 18.1 Å². The van der Waals surface area contributed by atoms with E-state index in [9.17, 15) is 4.79 Å². The highest BCUT2D eigenvalue weighted by molar-refractivity contribution is 8.77. The van der Waals surface area contributed by atoms with Gasteiger partial charge in [0, 0.05) is 24.0 Å². The standard InChI is InChI=1S/C13H21NO2S2/c15-13(14-8-11-7-10(14)9-16-11)4-2-1-3-12-5-6-17-18-12/h10-12H,1-9H2. The van der Waals surface area contributed by atoms with E-state index in [4.69, 9.17) is 4.74 Å². The third kappa shape index (κ3) is 2.99. The van der Waals surface area contributed by atoms with Gasteiger partial charge in [0.2, 0.25) is 5.91 Å². The first kappa shape index (κ1) is 13.1. The van der Waals surface area contributed by atoms with Gasteiger partial charge < -0.3 is 9.64 Å². The van der Waals surface area contributed by atoms with Gasteiger partial charge in [-0.25, -0.2) is 0 Å². The number of amides is 1. The quantitative estimate of drug-likeness (QED) is 0.574. The average molecular weight is 287 g/mol. The van der Waals surface area contributed by atoms with Crippen LogP contribution < -0.4 is 0 Å². The predicted molar refractivity (Wildman–Crippen MR) is 76.8 cm³/mol. The maximum Gasteiger partial charge on any atom is 0.222 e. The van der Waals surface area contributed by atoms with Crippen LogP contribution >= 0.6 is 21.6 Å². The molecule has 3 atom stereocenters. The van der Waals surface area contributed by atoms with Crippen molar-refractivity contribution in [3.05, 3.63) is 0 Å². The van der Waals surface area contributed by atoms with Crippen molar-refractivity contribution in [1.29, 1.82) is 0 Å². The molecule has 1 amide bonds. The highest BCUT2D eigenvalue weighted by atomic mass is 33.1. The number of ether oxygens (including phenoxy) is 1. The molecular formula is C13H21NO2S2. The number of fused-ring (bicyclic) bond motifs is 2. The minimum Gasteiger partial charge on any atom is -0.374 e. The lowest BCUT2D eigenvalue weighted by Gasteiger charge is -2.26. The molecule has 3 unspecified atom stereocenters. The van der Waals surface area contributed by atoms with Crippen LogP contribution in [0.2, 0.25) is 0 Å². The summed E-state index contributed by atoms with van der Waals surface area (Å²) in [6.07, 6.45) is 7.08. The highest BCUT2D eigenvalue weighted by Gasteiger charge is 2.40. The summed E-state index contributed by atoms with van der Waals surface area (Å²) in [6.45, 7) is 1.62. The molecule has 0 radical (unpaired) electrons. The molecule has 102 valence electrons. The van der Waals surface area contributed by atoms with Crippen molar-refractivity contribution in [3.8, 4) is 0 Å². The number of likely N-dealkylation sites (tertiary alicyclic amines) is 1. The van der Waals surface area contributed by atoms with Crippen molar-refractivity contribution >= 4 is 27.5 Å². The Morgan fingerprint density at radius 2 is 2.33 bits per heavy atom. The molecule has 3 aliphatic rings. The summed E-state index contributed by atoms with van der Waals surface area (Å²) in [7, 11) is 4.04. The molecule has 0 N–H and O–H groups in total. The van der Waals surface area contributed by atoms with Gasteiger partial charge in [0.15, 0.2) is 0 Å². The van der Waals surface area contributed by atoms with Crippen molar-refractivity contribution in [2.45, 2.75) is 55.9 Å². The van der Waals surface area contributed by atoms with Gasteiger partial charge in [0.25, 0.3) is 0 Å². The van der Waals surface area contributed by atoms with Crippen LogP contribution in [0.3, 0.4) is 0 Å². The van der Waals surface area contributed by atoms with Gasteiger partial charge in [-0.1, -0.05) is 28.0 Å². The number of hydrogen-bond acceptors (Lipinski definition) is 4. The summed E-state index contributed by atoms with van der Waals surface area (Å²) in [5, 5.41) is 0.848. The Morgan fingerprint density at radius 3 is 3.00 bits per heavy atom. The Kier molecular flexibility index (Phi) is 4.42. The van der Waals surface area contributed by atoms with Crippen molar-refractivity contribution in [2.24, 2.45) is 0 Å². The van der Waals surface area contributed by atoms with Crippen molar-refractivity contribution in [3.63, 3.8) is 0 Å². The largest absolute Gasteiger partial charge is 0.374 e. The van der Waals surface area contributed by atoms with Gasteiger partial charge in [-0.3, -0.25) is 4.79 Å². The number of morpholine rings is 1. The smallest absolute Gasteiger partial charge is 0.222 e. The van der Waals surface area contributed by atoms with E-state index in [2.05, 4.69) is 4.90 Å². The SMILES string of the molecule is O=C(CCCCC1CCSS1)N1CC2CC1CO2. The highest BCUT2D eigenvalue weighted by Crippen LogP contribution is 2.40. The molecule has 3 rings (SSSR count). The lowest BCUT2D eigenvalue weighted by atomic mass is 10.1. The zero-order chi connectivity index (χ0) is 12.4. The first-order valence-electron chi connectivity index (χ1n) is 7.02. The number of unbranched alkanes of at least 4 members (excludes halogenated alkanes) is 1. The lowest BCUT2D eigenvalue weighted by Crippen LogP contribution is -2.41. The average Bonchev–Trinajstić information content (AvgIpc) is 3.10. The molecule has 3 fully saturated rings. The molecule has 3 aliphatic heterocycles. The first-order valence-corrected chi connectivity index (χ1v) is 9.40. The van der Waals surface area contributed by atoms with Crippen LogP contribution in [0.25, 0.3) is 0 Å². The van der Waals surface area contributed by atoms with Crippen LogP contribution in [0.15, 0.2) is 0 Å². The number of hydrogen-bond donors (Lipinski definition) is 0. The van der Waals surface area contributed by atoms with Crippen molar-refractivity contribution < 1.29 is 9.53 Å². The van der Waals surface area contributed by atoms with Crippen molar-refractivity contribution in [1.82, 2.24) is 4.90 Å². The van der Waals surface area contributed by atoms with Crippen LogP contribution in [0, 0.1) is 0 Å². The predicted octanol–water partition coefficient (Wildman–Crippen LogP) is 2.70. The normalized spacial score (nSPS) is 34.4. The third-order valence-corrected chi connectivity index (χ3v) is 7.12. The molecule has 0 aromatic rings. The van der Waals surface area contributed by atoms with E-state index in [1.54, 1.807) is 0 Å². The van der Waals surface area contributed by atoms with Gasteiger partial charge in [0.1, 0.15) is 0 Å². The van der Waals surface area contributed by atoms with Crippen molar-refractivity contribution in [2.75, 3.05) is 18.9 Å². The fourth-order valence-corrected chi connectivity index (χ4v) is 6.09. The lowest BCUT2D eigenvalue weighted by molar-refractivity contribution is -0.135. The number of carbonyl (C=O) groups is 1. The van der Waals surface area contributed by atoms with Gasteiger partial charge in [-0.05, 0) is 25.7 Å². The van der Waals surface area contributed by atoms with Crippen LogP contribution in [0.5, 0.6) is 0 Å². The Hall–Kier alpha value is 0.130. The number of carbonyl (C=O) groups excluding carboxylic acids is 1. The second-order valence-electron chi connectivity index (χ2n) is 5.47. The molecule has 0 aromatic carbocycles. The second-order valence-corrected chi connectivity index (χ2v) is 8.25. The zero-order valence-electron chi connectivity index (χ0n) is 10.7. The molecule has 0 aliphatic carbocycles. The molecule has 0 spiro atoms.